The Morgan fingerprint density at radius 3 is 3.00 bits per heavy atom. The number of aromatic amines is 1. The summed E-state index contributed by atoms with van der Waals surface area (Å²) in [6, 6.07) is 3.81. The summed E-state index contributed by atoms with van der Waals surface area (Å²) in [6.45, 7) is 1.05. The predicted octanol–water partition coefficient (Wildman–Crippen LogP) is 1.65. The van der Waals surface area contributed by atoms with Gasteiger partial charge in [-0.15, -0.1) is 10.2 Å². The average Bonchev–Trinajstić information content (AvgIpc) is 3.02. The quantitative estimate of drug-likeness (QED) is 0.771. The Hall–Kier alpha value is -2.06. The maximum absolute atomic E-state index is 11.9. The van der Waals surface area contributed by atoms with Crippen LogP contribution < -0.4 is 0 Å². The number of nitrogens with zero attached hydrogens (tertiary/aromatic N) is 4. The number of rotatable bonds is 2. The fraction of sp³-hybridized carbons (Fsp3) is 0.400. The molecule has 0 spiro atoms. The van der Waals surface area contributed by atoms with Crippen molar-refractivity contribution in [3.05, 3.63) is 30.2 Å². The zero-order valence-electron chi connectivity index (χ0n) is 12.7. The van der Waals surface area contributed by atoms with E-state index in [-0.39, 0.29) is 5.92 Å². The van der Waals surface area contributed by atoms with Gasteiger partial charge >= 0.3 is 0 Å². The first-order valence-corrected chi connectivity index (χ1v) is 9.42. The second kappa shape index (κ2) is 5.24. The van der Waals surface area contributed by atoms with Crippen LogP contribution in [0.2, 0.25) is 0 Å². The average molecular weight is 331 g/mol. The number of pyridine rings is 1. The lowest BCUT2D eigenvalue weighted by atomic mass is 9.92. The molecule has 1 fully saturated rings. The van der Waals surface area contributed by atoms with E-state index in [1.54, 1.807) is 10.5 Å². The predicted molar refractivity (Wildman–Crippen MR) is 87.6 cm³/mol. The van der Waals surface area contributed by atoms with Crippen LogP contribution in [0.3, 0.4) is 0 Å². The van der Waals surface area contributed by atoms with E-state index in [0.717, 1.165) is 40.5 Å². The van der Waals surface area contributed by atoms with Crippen molar-refractivity contribution in [1.82, 2.24) is 24.5 Å². The number of piperidine rings is 1. The minimum atomic E-state index is -3.18. The molecule has 1 unspecified atom stereocenters. The molecule has 4 rings (SSSR count). The zero-order valence-corrected chi connectivity index (χ0v) is 13.5. The molecular formula is C15H17N5O2S. The topological polar surface area (TPSA) is 91.8 Å². The molecule has 7 nitrogen and oxygen atoms in total. The number of hydrogen-bond donors (Lipinski definition) is 1. The maximum Gasteiger partial charge on any atom is 0.211 e. The molecule has 1 N–H and O–H groups in total. The summed E-state index contributed by atoms with van der Waals surface area (Å²) in [5.74, 6) is 0.0736. The first-order chi connectivity index (χ1) is 11.0. The molecule has 1 aliphatic rings. The Bertz CT molecular complexity index is 982. The van der Waals surface area contributed by atoms with Crippen LogP contribution in [-0.4, -0.2) is 52.2 Å². The third-order valence-corrected chi connectivity index (χ3v) is 5.72. The molecule has 4 heterocycles. The largest absolute Gasteiger partial charge is 0.345 e. The van der Waals surface area contributed by atoms with E-state index in [1.807, 2.05) is 18.3 Å². The van der Waals surface area contributed by atoms with Crippen LogP contribution >= 0.6 is 0 Å². The van der Waals surface area contributed by atoms with E-state index >= 15 is 0 Å². The van der Waals surface area contributed by atoms with Crippen molar-refractivity contribution < 1.29 is 8.42 Å². The molecule has 0 amide bonds. The van der Waals surface area contributed by atoms with Crippen LogP contribution in [-0.2, 0) is 10.0 Å². The van der Waals surface area contributed by atoms with Gasteiger partial charge in [0.2, 0.25) is 10.0 Å². The van der Waals surface area contributed by atoms with Gasteiger partial charge in [-0.25, -0.2) is 12.7 Å². The fourth-order valence-electron chi connectivity index (χ4n) is 3.35. The fourth-order valence-corrected chi connectivity index (χ4v) is 4.26. The maximum atomic E-state index is 11.9. The summed E-state index contributed by atoms with van der Waals surface area (Å²) < 4.78 is 25.3. The van der Waals surface area contributed by atoms with Crippen molar-refractivity contribution >= 4 is 32.0 Å². The number of H-pyrrole nitrogens is 1. The van der Waals surface area contributed by atoms with Crippen LogP contribution in [0, 0.1) is 0 Å². The highest BCUT2D eigenvalue weighted by molar-refractivity contribution is 7.88. The SMILES string of the molecule is CS(=O)(=O)N1CCCC(c2nccc3nnc4[nH]ccc4c23)C1. The van der Waals surface area contributed by atoms with Crippen LogP contribution in [0.1, 0.15) is 24.5 Å². The Labute approximate surface area is 133 Å². The molecule has 0 aliphatic carbocycles. The number of fused-ring (bicyclic) bond motifs is 3. The van der Waals surface area contributed by atoms with Gasteiger partial charge in [-0.1, -0.05) is 0 Å². The first kappa shape index (κ1) is 14.5. The van der Waals surface area contributed by atoms with E-state index in [4.69, 9.17) is 0 Å². The van der Waals surface area contributed by atoms with Crippen molar-refractivity contribution in [2.24, 2.45) is 0 Å². The Morgan fingerprint density at radius 2 is 2.17 bits per heavy atom. The van der Waals surface area contributed by atoms with Crippen LogP contribution in [0.5, 0.6) is 0 Å². The van der Waals surface area contributed by atoms with Crippen LogP contribution in [0.15, 0.2) is 24.5 Å². The third-order valence-electron chi connectivity index (χ3n) is 4.45. The summed E-state index contributed by atoms with van der Waals surface area (Å²) in [5.41, 5.74) is 2.43. The second-order valence-electron chi connectivity index (χ2n) is 5.99. The van der Waals surface area contributed by atoms with E-state index < -0.39 is 10.0 Å². The van der Waals surface area contributed by atoms with Gasteiger partial charge in [-0.2, -0.15) is 0 Å². The molecule has 3 aromatic rings. The summed E-state index contributed by atoms with van der Waals surface area (Å²) in [4.78, 5) is 7.64. The minimum absolute atomic E-state index is 0.0736. The lowest BCUT2D eigenvalue weighted by molar-refractivity contribution is 0.315. The summed E-state index contributed by atoms with van der Waals surface area (Å²) in [6.07, 6.45) is 6.59. The molecule has 0 bridgehead atoms. The molecule has 1 atom stereocenters. The number of sulfonamides is 1. The van der Waals surface area contributed by atoms with Crippen molar-refractivity contribution in [2.75, 3.05) is 19.3 Å². The Morgan fingerprint density at radius 1 is 1.30 bits per heavy atom. The van der Waals surface area contributed by atoms with Crippen molar-refractivity contribution in [1.29, 1.82) is 0 Å². The summed E-state index contributed by atoms with van der Waals surface area (Å²) in [7, 11) is -3.18. The lowest BCUT2D eigenvalue weighted by Gasteiger charge is -2.31. The van der Waals surface area contributed by atoms with Gasteiger partial charge < -0.3 is 4.98 Å². The highest BCUT2D eigenvalue weighted by atomic mass is 32.2. The van der Waals surface area contributed by atoms with Gasteiger partial charge in [0.15, 0.2) is 5.65 Å². The van der Waals surface area contributed by atoms with E-state index in [9.17, 15) is 8.42 Å². The molecule has 3 aromatic heterocycles. The monoisotopic (exact) mass is 331 g/mol. The van der Waals surface area contributed by atoms with E-state index in [2.05, 4.69) is 20.2 Å². The molecule has 0 saturated carbocycles. The smallest absolute Gasteiger partial charge is 0.211 e. The standard InChI is InChI=1S/C15H17N5O2S/c1-23(21,22)20-8-2-3-10(9-20)14-13-11-4-6-17-15(11)19-18-12(13)5-7-16-14/h4-7,10H,2-3,8-9H2,1H3,(H,17,19). The molecule has 1 aliphatic heterocycles. The number of aromatic nitrogens is 4. The zero-order chi connectivity index (χ0) is 16.0. The molecule has 0 aromatic carbocycles. The highest BCUT2D eigenvalue weighted by Gasteiger charge is 2.29. The van der Waals surface area contributed by atoms with Gasteiger partial charge in [0.05, 0.1) is 17.5 Å². The number of hydrogen-bond acceptors (Lipinski definition) is 5. The van der Waals surface area contributed by atoms with Gasteiger partial charge in [0.25, 0.3) is 0 Å². The Balaban J connectivity index is 1.86. The summed E-state index contributed by atoms with van der Waals surface area (Å²) >= 11 is 0. The van der Waals surface area contributed by atoms with Crippen molar-refractivity contribution in [2.45, 2.75) is 18.8 Å². The van der Waals surface area contributed by atoms with Crippen LogP contribution in [0.4, 0.5) is 0 Å². The molecule has 1 saturated heterocycles. The van der Waals surface area contributed by atoms with E-state index in [0.29, 0.717) is 13.1 Å². The van der Waals surface area contributed by atoms with E-state index in [1.165, 1.54) is 6.26 Å². The van der Waals surface area contributed by atoms with Crippen molar-refractivity contribution in [3.63, 3.8) is 0 Å². The molecular weight excluding hydrogens is 314 g/mol. The highest BCUT2D eigenvalue weighted by Crippen LogP contribution is 2.33. The molecule has 23 heavy (non-hydrogen) atoms. The second-order valence-corrected chi connectivity index (χ2v) is 7.97. The van der Waals surface area contributed by atoms with Gasteiger partial charge in [0.1, 0.15) is 0 Å². The Kier molecular flexibility index (Phi) is 3.31. The molecule has 8 heteroatoms. The molecule has 0 radical (unpaired) electrons. The van der Waals surface area contributed by atoms with Crippen LogP contribution in [0.25, 0.3) is 21.9 Å². The van der Waals surface area contributed by atoms with Gasteiger partial charge in [-0.3, -0.25) is 4.98 Å². The first-order valence-electron chi connectivity index (χ1n) is 7.57. The number of nitrogens with one attached hydrogen (secondary N) is 1. The third kappa shape index (κ3) is 2.47. The lowest BCUT2D eigenvalue weighted by Crippen LogP contribution is -2.38. The molecule has 120 valence electrons. The minimum Gasteiger partial charge on any atom is -0.345 e. The van der Waals surface area contributed by atoms with Gasteiger partial charge in [-0.05, 0) is 25.0 Å². The summed E-state index contributed by atoms with van der Waals surface area (Å²) in [5, 5.41) is 10.4. The van der Waals surface area contributed by atoms with Gasteiger partial charge in [0, 0.05) is 42.2 Å². The van der Waals surface area contributed by atoms with Crippen molar-refractivity contribution in [3.8, 4) is 0 Å². The normalized spacial score (nSPS) is 20.3.